The van der Waals surface area contributed by atoms with E-state index in [1.54, 1.807) is 47.0 Å². The van der Waals surface area contributed by atoms with Crippen molar-refractivity contribution in [3.05, 3.63) is 96.1 Å². The highest BCUT2D eigenvalue weighted by atomic mass is 32.2. The van der Waals surface area contributed by atoms with Crippen LogP contribution >= 0.6 is 0 Å². The van der Waals surface area contributed by atoms with Gasteiger partial charge in [0.05, 0.1) is 34.9 Å². The number of fused-ring (bicyclic) bond motifs is 2. The van der Waals surface area contributed by atoms with Gasteiger partial charge in [-0.2, -0.15) is 4.98 Å². The molecule has 310 valence electrons. The summed E-state index contributed by atoms with van der Waals surface area (Å²) in [5.41, 5.74) is 5.07. The maximum atomic E-state index is 13.3. The Morgan fingerprint density at radius 2 is 1.63 bits per heavy atom. The molecule has 0 radical (unpaired) electrons. The summed E-state index contributed by atoms with van der Waals surface area (Å²) in [6, 6.07) is 24.3. The Morgan fingerprint density at radius 3 is 2.40 bits per heavy atom. The minimum Gasteiger partial charge on any atom is -0.384 e. The highest BCUT2D eigenvalue weighted by molar-refractivity contribution is 7.90. The van der Waals surface area contributed by atoms with E-state index in [1.807, 2.05) is 42.5 Å². The standard InChI is InChI=1S/C42H44N10O7S/c1-60(58,59)30-17-11-27(12-18-30)33-9-6-10-35-46-42(48-52(33)35)45-28-13-15-29(16-14-28)50-24-23-49(26-50)25-37(54)44-22-4-2-3-21-43-32-8-5-7-31-38(32)41(57)51(40(31)56)34-19-20-36(53)47-39(34)55/h5-18,34,43H,2-4,19-26H2,1H3,(H,44,54)(H,45,48)(H,47,53,55). The maximum absolute atomic E-state index is 13.3. The lowest BCUT2D eigenvalue weighted by molar-refractivity contribution is -0.136. The Kier molecular flexibility index (Phi) is 11.3. The second-order valence-electron chi connectivity index (χ2n) is 15.1. The van der Waals surface area contributed by atoms with E-state index in [0.717, 1.165) is 59.9 Å². The van der Waals surface area contributed by atoms with Gasteiger partial charge in [0.15, 0.2) is 15.5 Å². The van der Waals surface area contributed by atoms with Gasteiger partial charge in [-0.15, -0.1) is 5.10 Å². The molecule has 3 aliphatic heterocycles. The summed E-state index contributed by atoms with van der Waals surface area (Å²) in [5, 5.41) is 16.4. The molecule has 5 amide bonds. The first-order valence-corrected chi connectivity index (χ1v) is 21.7. The van der Waals surface area contributed by atoms with Crippen LogP contribution in [0.4, 0.5) is 23.0 Å². The molecule has 60 heavy (non-hydrogen) atoms. The number of amides is 5. The van der Waals surface area contributed by atoms with E-state index in [2.05, 4.69) is 41.1 Å². The topological polar surface area (TPSA) is 208 Å². The molecular formula is C42H44N10O7S. The van der Waals surface area contributed by atoms with Crippen molar-refractivity contribution < 1.29 is 32.4 Å². The first kappa shape index (κ1) is 40.1. The van der Waals surface area contributed by atoms with E-state index >= 15 is 0 Å². The number of carbonyl (C=O) groups excluding carboxylic acids is 5. The summed E-state index contributed by atoms with van der Waals surface area (Å²) in [7, 11) is -3.30. The summed E-state index contributed by atoms with van der Waals surface area (Å²) in [4.78, 5) is 73.3. The van der Waals surface area contributed by atoms with Crippen LogP contribution < -0.4 is 26.2 Å². The van der Waals surface area contributed by atoms with Gasteiger partial charge in [0.1, 0.15) is 6.04 Å². The molecule has 0 saturated carbocycles. The van der Waals surface area contributed by atoms with Gasteiger partial charge in [0, 0.05) is 61.5 Å². The smallest absolute Gasteiger partial charge is 0.264 e. The van der Waals surface area contributed by atoms with Gasteiger partial charge < -0.3 is 20.9 Å². The lowest BCUT2D eigenvalue weighted by Crippen LogP contribution is -2.54. The maximum Gasteiger partial charge on any atom is 0.264 e. The van der Waals surface area contributed by atoms with Crippen molar-refractivity contribution in [3.8, 4) is 11.3 Å². The number of sulfone groups is 1. The van der Waals surface area contributed by atoms with Gasteiger partial charge in [-0.25, -0.2) is 12.9 Å². The number of anilines is 4. The molecule has 2 saturated heterocycles. The average Bonchev–Trinajstić information content (AvgIpc) is 3.93. The lowest BCUT2D eigenvalue weighted by atomic mass is 10.0. The quantitative estimate of drug-likeness (QED) is 0.0883. The summed E-state index contributed by atoms with van der Waals surface area (Å²) in [5.74, 6) is -1.75. The van der Waals surface area contributed by atoms with Crippen LogP contribution in [0.15, 0.2) is 89.8 Å². The lowest BCUT2D eigenvalue weighted by Gasteiger charge is -2.27. The number of hydrogen-bond donors (Lipinski definition) is 4. The van der Waals surface area contributed by atoms with Gasteiger partial charge in [0.2, 0.25) is 23.7 Å². The molecule has 2 fully saturated rings. The minimum atomic E-state index is -3.30. The molecule has 8 rings (SSSR count). The predicted molar refractivity (Wildman–Crippen MR) is 224 cm³/mol. The zero-order valence-corrected chi connectivity index (χ0v) is 33.7. The third-order valence-electron chi connectivity index (χ3n) is 10.8. The van der Waals surface area contributed by atoms with Gasteiger partial charge in [-0.05, 0) is 86.3 Å². The number of imide groups is 2. The first-order valence-electron chi connectivity index (χ1n) is 19.8. The molecule has 1 unspecified atom stereocenters. The van der Waals surface area contributed by atoms with Gasteiger partial charge >= 0.3 is 0 Å². The Balaban J connectivity index is 0.750. The zero-order valence-electron chi connectivity index (χ0n) is 32.9. The number of rotatable bonds is 15. The van der Waals surface area contributed by atoms with Gasteiger partial charge in [-0.3, -0.25) is 39.1 Å². The second kappa shape index (κ2) is 16.9. The number of hydrogen-bond acceptors (Lipinski definition) is 13. The number of benzene rings is 3. The molecule has 5 aromatic rings. The summed E-state index contributed by atoms with van der Waals surface area (Å²) in [6.45, 7) is 3.55. The highest BCUT2D eigenvalue weighted by Crippen LogP contribution is 2.32. The minimum absolute atomic E-state index is 0.0350. The third-order valence-corrected chi connectivity index (χ3v) is 11.9. The zero-order chi connectivity index (χ0) is 42.0. The molecule has 1 atom stereocenters. The van der Waals surface area contributed by atoms with Crippen LogP contribution in [0.3, 0.4) is 0 Å². The van der Waals surface area contributed by atoms with E-state index in [-0.39, 0.29) is 34.8 Å². The van der Waals surface area contributed by atoms with Crippen LogP contribution in [0, 0.1) is 0 Å². The molecule has 4 N–H and O–H groups in total. The van der Waals surface area contributed by atoms with Gasteiger partial charge in [-0.1, -0.05) is 24.3 Å². The van der Waals surface area contributed by atoms with Crippen molar-refractivity contribution in [2.24, 2.45) is 0 Å². The normalized spacial score (nSPS) is 17.0. The number of nitrogens with zero attached hydrogens (tertiary/aromatic N) is 6. The van der Waals surface area contributed by atoms with E-state index in [0.29, 0.717) is 43.6 Å². The fourth-order valence-corrected chi connectivity index (χ4v) is 8.35. The van der Waals surface area contributed by atoms with E-state index in [9.17, 15) is 32.4 Å². The first-order chi connectivity index (χ1) is 28.9. The van der Waals surface area contributed by atoms with Crippen molar-refractivity contribution in [1.29, 1.82) is 0 Å². The van der Waals surface area contributed by atoms with Crippen LogP contribution in [0.2, 0.25) is 0 Å². The summed E-state index contributed by atoms with van der Waals surface area (Å²) >= 11 is 0. The SMILES string of the molecule is CS(=O)(=O)c1ccc(-c2cccc3nc(Nc4ccc(N5CCN(CC(=O)NCCCCCNc6cccc7c6C(=O)N(C6CCC(=O)NC6=O)C7=O)C5)cc4)nn23)cc1. The molecule has 3 aromatic carbocycles. The van der Waals surface area contributed by atoms with E-state index in [4.69, 9.17) is 0 Å². The number of piperidine rings is 1. The molecular weight excluding hydrogens is 789 g/mol. The number of aromatic nitrogens is 3. The van der Waals surface area contributed by atoms with Crippen molar-refractivity contribution in [2.75, 3.05) is 61.2 Å². The van der Waals surface area contributed by atoms with Crippen molar-refractivity contribution in [1.82, 2.24) is 35.0 Å². The Hall–Kier alpha value is -6.66. The monoisotopic (exact) mass is 832 g/mol. The van der Waals surface area contributed by atoms with E-state index in [1.165, 1.54) is 6.26 Å². The molecule has 0 aliphatic carbocycles. The highest BCUT2D eigenvalue weighted by Gasteiger charge is 2.45. The fourth-order valence-electron chi connectivity index (χ4n) is 7.72. The van der Waals surface area contributed by atoms with Gasteiger partial charge in [0.25, 0.3) is 11.8 Å². The largest absolute Gasteiger partial charge is 0.384 e. The van der Waals surface area contributed by atoms with Crippen LogP contribution in [-0.2, 0) is 24.2 Å². The van der Waals surface area contributed by atoms with Crippen molar-refractivity contribution in [3.63, 3.8) is 0 Å². The molecule has 3 aliphatic rings. The molecule has 2 aromatic heterocycles. The predicted octanol–water partition coefficient (Wildman–Crippen LogP) is 3.42. The number of carbonyl (C=O) groups is 5. The number of unbranched alkanes of at least 4 members (excludes halogenated alkanes) is 2. The molecule has 0 bridgehead atoms. The van der Waals surface area contributed by atoms with Crippen LogP contribution in [0.25, 0.3) is 16.9 Å². The molecule has 17 nitrogen and oxygen atoms in total. The fraction of sp³-hybridized carbons (Fsp3) is 0.310. The molecule has 5 heterocycles. The Labute approximate surface area is 346 Å². The van der Waals surface area contributed by atoms with Crippen LogP contribution in [0.1, 0.15) is 52.8 Å². The number of pyridine rings is 1. The number of nitrogens with one attached hydrogen (secondary N) is 4. The third kappa shape index (κ3) is 8.55. The van der Waals surface area contributed by atoms with E-state index < -0.39 is 39.5 Å². The molecule has 18 heteroatoms. The van der Waals surface area contributed by atoms with Crippen LogP contribution in [0.5, 0.6) is 0 Å². The van der Waals surface area contributed by atoms with Crippen LogP contribution in [-0.4, -0.2) is 114 Å². The Bertz CT molecular complexity index is 2600. The Morgan fingerprint density at radius 1 is 0.867 bits per heavy atom. The molecule has 0 spiro atoms. The summed E-state index contributed by atoms with van der Waals surface area (Å²) in [6.07, 6.45) is 3.73. The van der Waals surface area contributed by atoms with Crippen molar-refractivity contribution >= 4 is 68.0 Å². The average molecular weight is 833 g/mol. The van der Waals surface area contributed by atoms with Crippen molar-refractivity contribution in [2.45, 2.75) is 43.0 Å². The second-order valence-corrected chi connectivity index (χ2v) is 17.1. The summed E-state index contributed by atoms with van der Waals surface area (Å²) < 4.78 is 25.5.